The van der Waals surface area contributed by atoms with Crippen LogP contribution in [-0.2, 0) is 6.54 Å². The van der Waals surface area contributed by atoms with Crippen LogP contribution in [0.2, 0.25) is 0 Å². The molecule has 92 valence electrons. The van der Waals surface area contributed by atoms with Crippen LogP contribution in [0.15, 0.2) is 23.0 Å². The summed E-state index contributed by atoms with van der Waals surface area (Å²) in [5, 5.41) is 0. The molecule has 2 rings (SSSR count). The number of anilines is 1. The first kappa shape index (κ1) is 11.7. The Morgan fingerprint density at radius 2 is 2.18 bits per heavy atom. The molecule has 0 saturated carbocycles. The van der Waals surface area contributed by atoms with E-state index in [2.05, 4.69) is 9.88 Å². The fourth-order valence-electron chi connectivity index (χ4n) is 1.95. The third-order valence-corrected chi connectivity index (χ3v) is 2.79. The van der Waals surface area contributed by atoms with Crippen molar-refractivity contribution < 1.29 is 0 Å². The van der Waals surface area contributed by atoms with Crippen LogP contribution in [0.25, 0.3) is 11.0 Å². The van der Waals surface area contributed by atoms with E-state index < -0.39 is 0 Å². The predicted octanol–water partition coefficient (Wildman–Crippen LogP) is 0.864. The summed E-state index contributed by atoms with van der Waals surface area (Å²) in [5.41, 5.74) is 8.01. The Hall–Kier alpha value is -1.75. The molecule has 1 aromatic carbocycles. The molecule has 5 heteroatoms. The molecule has 0 bridgehead atoms. The number of benzene rings is 1. The van der Waals surface area contributed by atoms with Gasteiger partial charge in [-0.15, -0.1) is 0 Å². The molecule has 0 atom stereocenters. The maximum atomic E-state index is 11.8. The minimum atomic E-state index is -0.0654. The van der Waals surface area contributed by atoms with Gasteiger partial charge in [-0.05, 0) is 45.3 Å². The van der Waals surface area contributed by atoms with Crippen molar-refractivity contribution in [1.82, 2.24) is 14.5 Å². The Balaban J connectivity index is 2.27. The predicted molar refractivity (Wildman–Crippen MR) is 70.1 cm³/mol. The molecule has 0 saturated heterocycles. The highest BCUT2D eigenvalue weighted by atomic mass is 16.1. The Labute approximate surface area is 99.8 Å². The first-order valence-corrected chi connectivity index (χ1v) is 5.70. The zero-order chi connectivity index (χ0) is 12.4. The molecule has 17 heavy (non-hydrogen) atoms. The van der Waals surface area contributed by atoms with E-state index in [-0.39, 0.29) is 5.69 Å². The largest absolute Gasteiger partial charge is 0.399 e. The number of H-pyrrole nitrogens is 1. The van der Waals surface area contributed by atoms with Gasteiger partial charge in [0, 0.05) is 12.2 Å². The summed E-state index contributed by atoms with van der Waals surface area (Å²) in [4.78, 5) is 16.7. The molecule has 0 aliphatic rings. The highest BCUT2D eigenvalue weighted by Gasteiger charge is 2.06. The van der Waals surface area contributed by atoms with Crippen molar-refractivity contribution in [3.63, 3.8) is 0 Å². The molecule has 0 amide bonds. The first-order chi connectivity index (χ1) is 8.08. The van der Waals surface area contributed by atoms with Gasteiger partial charge >= 0.3 is 5.69 Å². The van der Waals surface area contributed by atoms with E-state index in [4.69, 9.17) is 5.73 Å². The van der Waals surface area contributed by atoms with Gasteiger partial charge in [-0.3, -0.25) is 4.57 Å². The number of nitrogens with zero attached hydrogens (tertiary/aromatic N) is 2. The second-order valence-corrected chi connectivity index (χ2v) is 4.52. The minimum absolute atomic E-state index is 0.0654. The summed E-state index contributed by atoms with van der Waals surface area (Å²) in [7, 11) is 4.05. The van der Waals surface area contributed by atoms with Gasteiger partial charge in [-0.1, -0.05) is 0 Å². The Morgan fingerprint density at radius 1 is 1.41 bits per heavy atom. The fraction of sp³-hybridized carbons (Fsp3) is 0.417. The third-order valence-electron chi connectivity index (χ3n) is 2.79. The van der Waals surface area contributed by atoms with Crippen molar-refractivity contribution in [3.05, 3.63) is 28.7 Å². The number of hydrogen-bond donors (Lipinski definition) is 2. The quantitative estimate of drug-likeness (QED) is 0.771. The van der Waals surface area contributed by atoms with Gasteiger partial charge in [-0.25, -0.2) is 4.79 Å². The number of rotatable bonds is 4. The molecule has 0 unspecified atom stereocenters. The van der Waals surface area contributed by atoms with Crippen LogP contribution in [0.4, 0.5) is 5.69 Å². The van der Waals surface area contributed by atoms with Crippen LogP contribution in [0.1, 0.15) is 6.42 Å². The molecule has 0 spiro atoms. The number of imidazole rings is 1. The van der Waals surface area contributed by atoms with Crippen molar-refractivity contribution >= 4 is 16.7 Å². The summed E-state index contributed by atoms with van der Waals surface area (Å²) in [5.74, 6) is 0. The van der Waals surface area contributed by atoms with Gasteiger partial charge in [0.2, 0.25) is 0 Å². The lowest BCUT2D eigenvalue weighted by Gasteiger charge is -2.09. The zero-order valence-corrected chi connectivity index (χ0v) is 10.2. The summed E-state index contributed by atoms with van der Waals surface area (Å²) >= 11 is 0. The lowest BCUT2D eigenvalue weighted by molar-refractivity contribution is 0.386. The minimum Gasteiger partial charge on any atom is -0.399 e. The number of hydrogen-bond acceptors (Lipinski definition) is 3. The van der Waals surface area contributed by atoms with E-state index >= 15 is 0 Å². The average Bonchev–Trinajstić information content (AvgIpc) is 2.54. The van der Waals surface area contributed by atoms with Gasteiger partial charge in [0.25, 0.3) is 0 Å². The Bertz CT molecular complexity index is 567. The molecule has 3 N–H and O–H groups in total. The van der Waals surface area contributed by atoms with Gasteiger partial charge in [0.1, 0.15) is 0 Å². The zero-order valence-electron chi connectivity index (χ0n) is 10.2. The fourth-order valence-corrected chi connectivity index (χ4v) is 1.95. The second kappa shape index (κ2) is 4.63. The lowest BCUT2D eigenvalue weighted by atomic mass is 10.3. The normalized spacial score (nSPS) is 11.5. The monoisotopic (exact) mass is 234 g/mol. The smallest absolute Gasteiger partial charge is 0.326 e. The van der Waals surface area contributed by atoms with Gasteiger partial charge < -0.3 is 15.6 Å². The summed E-state index contributed by atoms with van der Waals surface area (Å²) in [6, 6.07) is 5.50. The van der Waals surface area contributed by atoms with Crippen molar-refractivity contribution in [2.24, 2.45) is 0 Å². The highest BCUT2D eigenvalue weighted by molar-refractivity contribution is 5.78. The number of nitrogens with two attached hydrogens (primary N) is 1. The van der Waals surface area contributed by atoms with Gasteiger partial charge in [-0.2, -0.15) is 0 Å². The van der Waals surface area contributed by atoms with E-state index in [1.54, 1.807) is 10.6 Å². The Morgan fingerprint density at radius 3 is 2.88 bits per heavy atom. The number of fused-ring (bicyclic) bond motifs is 1. The topological polar surface area (TPSA) is 67.0 Å². The van der Waals surface area contributed by atoms with Crippen LogP contribution in [0, 0.1) is 0 Å². The number of nitrogens with one attached hydrogen (secondary N) is 1. The molecule has 5 nitrogen and oxygen atoms in total. The van der Waals surface area contributed by atoms with Crippen LogP contribution in [-0.4, -0.2) is 35.1 Å². The van der Waals surface area contributed by atoms with Crippen LogP contribution < -0.4 is 11.4 Å². The highest BCUT2D eigenvalue weighted by Crippen LogP contribution is 2.14. The third kappa shape index (κ3) is 2.50. The molecule has 0 aliphatic heterocycles. The van der Waals surface area contributed by atoms with Crippen LogP contribution in [0.5, 0.6) is 0 Å². The van der Waals surface area contributed by atoms with E-state index in [0.29, 0.717) is 5.69 Å². The number of aromatic nitrogens is 2. The van der Waals surface area contributed by atoms with Crippen LogP contribution in [0.3, 0.4) is 0 Å². The Kier molecular flexibility index (Phi) is 3.19. The van der Waals surface area contributed by atoms with Gasteiger partial charge in [0.05, 0.1) is 11.0 Å². The SMILES string of the molecule is CN(C)CCCn1c(=O)[nH]c2cc(N)ccc21. The van der Waals surface area contributed by atoms with Crippen molar-refractivity contribution in [3.8, 4) is 0 Å². The number of nitrogen functional groups attached to an aromatic ring is 1. The molecule has 1 heterocycles. The summed E-state index contributed by atoms with van der Waals surface area (Å²) in [6.07, 6.45) is 0.949. The summed E-state index contributed by atoms with van der Waals surface area (Å²) in [6.45, 7) is 1.69. The number of aromatic amines is 1. The lowest BCUT2D eigenvalue weighted by Crippen LogP contribution is -2.20. The standard InChI is InChI=1S/C12H18N4O/c1-15(2)6-3-7-16-11-5-4-9(13)8-10(11)14-12(16)17/h4-5,8H,3,6-7,13H2,1-2H3,(H,14,17). The maximum Gasteiger partial charge on any atom is 0.326 e. The first-order valence-electron chi connectivity index (χ1n) is 5.70. The molecular formula is C12H18N4O. The van der Waals surface area contributed by atoms with Crippen molar-refractivity contribution in [1.29, 1.82) is 0 Å². The molecule has 0 radical (unpaired) electrons. The maximum absolute atomic E-state index is 11.8. The molecule has 0 aliphatic carbocycles. The number of aryl methyl sites for hydroxylation is 1. The van der Waals surface area contributed by atoms with E-state index in [1.165, 1.54) is 0 Å². The van der Waals surface area contributed by atoms with E-state index in [0.717, 1.165) is 30.5 Å². The van der Waals surface area contributed by atoms with Crippen molar-refractivity contribution in [2.75, 3.05) is 26.4 Å². The van der Waals surface area contributed by atoms with E-state index in [1.807, 2.05) is 26.2 Å². The molecule has 2 aromatic rings. The van der Waals surface area contributed by atoms with Crippen LogP contribution >= 0.6 is 0 Å². The summed E-state index contributed by atoms with van der Waals surface area (Å²) < 4.78 is 1.76. The van der Waals surface area contributed by atoms with E-state index in [9.17, 15) is 4.79 Å². The molecule has 0 fully saturated rings. The van der Waals surface area contributed by atoms with Gasteiger partial charge in [0.15, 0.2) is 0 Å². The molecular weight excluding hydrogens is 216 g/mol. The second-order valence-electron chi connectivity index (χ2n) is 4.52. The van der Waals surface area contributed by atoms with Crippen molar-refractivity contribution in [2.45, 2.75) is 13.0 Å². The molecule has 1 aromatic heterocycles. The average molecular weight is 234 g/mol.